The summed E-state index contributed by atoms with van der Waals surface area (Å²) in [6.07, 6.45) is 2.18. The third-order valence-corrected chi connectivity index (χ3v) is 2.84. The van der Waals surface area contributed by atoms with Crippen LogP contribution in [0, 0.1) is 11.8 Å². The SMILES string of the molecule is O=C(O)CC#CCN1CCCc2ccccc21. The number of benzene rings is 1. The van der Waals surface area contributed by atoms with Gasteiger partial charge in [0.25, 0.3) is 0 Å². The van der Waals surface area contributed by atoms with Gasteiger partial charge in [0.05, 0.1) is 6.54 Å². The highest BCUT2D eigenvalue weighted by Gasteiger charge is 2.14. The van der Waals surface area contributed by atoms with Gasteiger partial charge in [0, 0.05) is 12.2 Å². The Morgan fingerprint density at radius 1 is 1.35 bits per heavy atom. The van der Waals surface area contributed by atoms with Crippen molar-refractivity contribution in [3.8, 4) is 11.8 Å². The van der Waals surface area contributed by atoms with Crippen molar-refractivity contribution >= 4 is 11.7 Å². The first-order chi connectivity index (χ1) is 8.27. The molecule has 0 radical (unpaired) electrons. The van der Waals surface area contributed by atoms with Gasteiger partial charge in [-0.25, -0.2) is 0 Å². The number of aryl methyl sites for hydroxylation is 1. The summed E-state index contributed by atoms with van der Waals surface area (Å²) in [5.41, 5.74) is 2.60. The molecule has 0 unspecified atom stereocenters. The van der Waals surface area contributed by atoms with Crippen molar-refractivity contribution in [2.45, 2.75) is 19.3 Å². The molecule has 1 heterocycles. The number of fused-ring (bicyclic) bond motifs is 1. The first kappa shape index (κ1) is 11.5. The van der Waals surface area contributed by atoms with Gasteiger partial charge in [0.1, 0.15) is 6.42 Å². The number of carboxylic acids is 1. The second-order valence-electron chi connectivity index (χ2n) is 4.08. The second kappa shape index (κ2) is 5.40. The lowest BCUT2D eigenvalue weighted by Gasteiger charge is -2.29. The Bertz CT molecular complexity index is 471. The van der Waals surface area contributed by atoms with Crippen LogP contribution in [0.1, 0.15) is 18.4 Å². The molecule has 0 aliphatic carbocycles. The highest BCUT2D eigenvalue weighted by molar-refractivity contribution is 5.70. The first-order valence-corrected chi connectivity index (χ1v) is 5.78. The maximum atomic E-state index is 10.3. The van der Waals surface area contributed by atoms with Gasteiger partial charge in [-0.3, -0.25) is 4.79 Å². The number of carbonyl (C=O) groups is 1. The lowest BCUT2D eigenvalue weighted by atomic mass is 10.0. The molecular formula is C14H15NO2. The van der Waals surface area contributed by atoms with Crippen LogP contribution in [-0.2, 0) is 11.2 Å². The Labute approximate surface area is 101 Å². The van der Waals surface area contributed by atoms with Gasteiger partial charge in [-0.2, -0.15) is 0 Å². The molecule has 3 heteroatoms. The van der Waals surface area contributed by atoms with Crippen LogP contribution in [0.3, 0.4) is 0 Å². The molecule has 0 bridgehead atoms. The van der Waals surface area contributed by atoms with Crippen LogP contribution in [-0.4, -0.2) is 24.2 Å². The molecule has 2 rings (SSSR count). The number of hydrogen-bond acceptors (Lipinski definition) is 2. The summed E-state index contributed by atoms with van der Waals surface area (Å²) in [6, 6.07) is 8.33. The van der Waals surface area contributed by atoms with Crippen molar-refractivity contribution in [3.05, 3.63) is 29.8 Å². The summed E-state index contributed by atoms with van der Waals surface area (Å²) in [4.78, 5) is 12.5. The summed E-state index contributed by atoms with van der Waals surface area (Å²) in [5.74, 6) is 4.73. The van der Waals surface area contributed by atoms with E-state index >= 15 is 0 Å². The Morgan fingerprint density at radius 3 is 3.00 bits per heavy atom. The topological polar surface area (TPSA) is 40.5 Å². The van der Waals surface area contributed by atoms with Crippen molar-refractivity contribution in [3.63, 3.8) is 0 Å². The molecule has 0 saturated carbocycles. The van der Waals surface area contributed by atoms with Crippen LogP contribution < -0.4 is 4.90 Å². The highest BCUT2D eigenvalue weighted by atomic mass is 16.4. The fourth-order valence-corrected chi connectivity index (χ4v) is 2.07. The molecule has 1 aromatic carbocycles. The average Bonchev–Trinajstić information content (AvgIpc) is 2.34. The van der Waals surface area contributed by atoms with Gasteiger partial charge >= 0.3 is 5.97 Å². The Kier molecular flexibility index (Phi) is 3.66. The first-order valence-electron chi connectivity index (χ1n) is 5.78. The number of nitrogens with zero attached hydrogens (tertiary/aromatic N) is 1. The molecule has 17 heavy (non-hydrogen) atoms. The van der Waals surface area contributed by atoms with Gasteiger partial charge < -0.3 is 10.0 Å². The molecule has 1 aliphatic heterocycles. The molecule has 1 aliphatic rings. The van der Waals surface area contributed by atoms with E-state index in [0.717, 1.165) is 19.4 Å². The predicted molar refractivity (Wildman–Crippen MR) is 67.0 cm³/mol. The Morgan fingerprint density at radius 2 is 2.18 bits per heavy atom. The summed E-state index contributed by atoms with van der Waals surface area (Å²) >= 11 is 0. The van der Waals surface area contributed by atoms with E-state index in [2.05, 4.69) is 34.9 Å². The Hall–Kier alpha value is -1.95. The van der Waals surface area contributed by atoms with Crippen molar-refractivity contribution in [2.24, 2.45) is 0 Å². The number of para-hydroxylation sites is 1. The molecule has 3 nitrogen and oxygen atoms in total. The van der Waals surface area contributed by atoms with Gasteiger partial charge in [-0.15, -0.1) is 0 Å². The minimum atomic E-state index is -0.864. The molecule has 0 atom stereocenters. The van der Waals surface area contributed by atoms with Crippen LogP contribution in [0.5, 0.6) is 0 Å². The molecule has 0 fully saturated rings. The standard InChI is InChI=1S/C14H15NO2/c16-14(17)9-3-4-10-15-11-5-7-12-6-1-2-8-13(12)15/h1-2,6,8H,5,7,9-11H2,(H,16,17). The highest BCUT2D eigenvalue weighted by Crippen LogP contribution is 2.25. The van der Waals surface area contributed by atoms with Crippen LogP contribution in [0.4, 0.5) is 5.69 Å². The number of hydrogen-bond donors (Lipinski definition) is 1. The lowest BCUT2D eigenvalue weighted by molar-refractivity contribution is -0.135. The third-order valence-electron chi connectivity index (χ3n) is 2.84. The predicted octanol–water partition coefficient (Wildman–Crippen LogP) is 1.92. The van der Waals surface area contributed by atoms with E-state index in [1.807, 2.05) is 6.07 Å². The summed E-state index contributed by atoms with van der Waals surface area (Å²) in [7, 11) is 0. The number of carboxylic acid groups (broad SMARTS) is 1. The van der Waals surface area contributed by atoms with E-state index in [1.165, 1.54) is 11.3 Å². The molecule has 0 saturated heterocycles. The zero-order valence-electron chi connectivity index (χ0n) is 9.65. The minimum absolute atomic E-state index is 0.0739. The van der Waals surface area contributed by atoms with Crippen LogP contribution in [0.2, 0.25) is 0 Å². The van der Waals surface area contributed by atoms with Gasteiger partial charge in [0.15, 0.2) is 0 Å². The third kappa shape index (κ3) is 3.01. The summed E-state index contributed by atoms with van der Waals surface area (Å²) < 4.78 is 0. The maximum Gasteiger partial charge on any atom is 0.315 e. The van der Waals surface area contributed by atoms with Gasteiger partial charge in [-0.1, -0.05) is 30.0 Å². The van der Waals surface area contributed by atoms with Crippen molar-refractivity contribution in [1.29, 1.82) is 0 Å². The van der Waals surface area contributed by atoms with Crippen molar-refractivity contribution < 1.29 is 9.90 Å². The van der Waals surface area contributed by atoms with E-state index in [4.69, 9.17) is 5.11 Å². The van der Waals surface area contributed by atoms with E-state index in [9.17, 15) is 4.79 Å². The lowest BCUT2D eigenvalue weighted by Crippen LogP contribution is -2.29. The molecule has 0 spiro atoms. The summed E-state index contributed by atoms with van der Waals surface area (Å²) in [5, 5.41) is 8.49. The minimum Gasteiger partial charge on any atom is -0.481 e. The number of aliphatic carboxylic acids is 1. The van der Waals surface area contributed by atoms with E-state index in [0.29, 0.717) is 6.54 Å². The molecule has 88 valence electrons. The van der Waals surface area contributed by atoms with E-state index in [1.54, 1.807) is 0 Å². The number of anilines is 1. The normalized spacial score (nSPS) is 13.5. The molecule has 1 N–H and O–H groups in total. The molecule has 0 amide bonds. The second-order valence-corrected chi connectivity index (χ2v) is 4.08. The monoisotopic (exact) mass is 229 g/mol. The Balaban J connectivity index is 2.03. The van der Waals surface area contributed by atoms with Crippen molar-refractivity contribution in [1.82, 2.24) is 0 Å². The van der Waals surface area contributed by atoms with E-state index in [-0.39, 0.29) is 6.42 Å². The van der Waals surface area contributed by atoms with Crippen LogP contribution in [0.25, 0.3) is 0 Å². The fourth-order valence-electron chi connectivity index (χ4n) is 2.07. The van der Waals surface area contributed by atoms with Crippen LogP contribution in [0.15, 0.2) is 24.3 Å². The van der Waals surface area contributed by atoms with Gasteiger partial charge in [0.2, 0.25) is 0 Å². The van der Waals surface area contributed by atoms with Crippen molar-refractivity contribution in [2.75, 3.05) is 18.0 Å². The molecule has 0 aromatic heterocycles. The maximum absolute atomic E-state index is 10.3. The van der Waals surface area contributed by atoms with Crippen LogP contribution >= 0.6 is 0 Å². The smallest absolute Gasteiger partial charge is 0.315 e. The largest absolute Gasteiger partial charge is 0.481 e. The zero-order valence-corrected chi connectivity index (χ0v) is 9.65. The average molecular weight is 229 g/mol. The van der Waals surface area contributed by atoms with Gasteiger partial charge in [-0.05, 0) is 24.5 Å². The quantitative estimate of drug-likeness (QED) is 0.788. The van der Waals surface area contributed by atoms with E-state index < -0.39 is 5.97 Å². The molecular weight excluding hydrogens is 214 g/mol. The fraction of sp³-hybridized carbons (Fsp3) is 0.357. The number of rotatable bonds is 2. The zero-order chi connectivity index (χ0) is 12.1. The summed E-state index contributed by atoms with van der Waals surface area (Å²) in [6.45, 7) is 1.61. The molecule has 1 aromatic rings.